The molecule has 2 atom stereocenters. The van der Waals surface area contributed by atoms with Crippen LogP contribution in [0.1, 0.15) is 46.5 Å². The van der Waals surface area contributed by atoms with E-state index in [1.54, 1.807) is 0 Å². The summed E-state index contributed by atoms with van der Waals surface area (Å²) in [6.45, 7) is 10.6. The Labute approximate surface area is 99.3 Å². The first-order chi connectivity index (χ1) is 7.47. The van der Waals surface area contributed by atoms with E-state index < -0.39 is 0 Å². The van der Waals surface area contributed by atoms with Crippen molar-refractivity contribution < 1.29 is 4.74 Å². The fourth-order valence-corrected chi connectivity index (χ4v) is 3.67. The zero-order chi connectivity index (χ0) is 11.4. The predicted octanol–water partition coefficient (Wildman–Crippen LogP) is 2.68. The van der Waals surface area contributed by atoms with Crippen molar-refractivity contribution in [3.8, 4) is 0 Å². The van der Waals surface area contributed by atoms with E-state index >= 15 is 0 Å². The SMILES string of the molecule is CC1(C)O[C@@]2(C)CC[C@@H]1CN(CC1CC1)C2. The molecule has 0 aromatic rings. The molecular weight excluding hydrogens is 198 g/mol. The van der Waals surface area contributed by atoms with Crippen LogP contribution in [0, 0.1) is 11.8 Å². The van der Waals surface area contributed by atoms with E-state index in [9.17, 15) is 0 Å². The van der Waals surface area contributed by atoms with Crippen molar-refractivity contribution in [1.82, 2.24) is 4.90 Å². The van der Waals surface area contributed by atoms with Crippen molar-refractivity contribution in [3.63, 3.8) is 0 Å². The largest absolute Gasteiger partial charge is 0.368 e. The van der Waals surface area contributed by atoms with Crippen LogP contribution >= 0.6 is 0 Å². The van der Waals surface area contributed by atoms with Gasteiger partial charge >= 0.3 is 0 Å². The molecule has 3 saturated heterocycles. The van der Waals surface area contributed by atoms with Crippen LogP contribution in [0.5, 0.6) is 0 Å². The van der Waals surface area contributed by atoms with Crippen LogP contribution in [0.2, 0.25) is 0 Å². The van der Waals surface area contributed by atoms with Gasteiger partial charge in [-0.2, -0.15) is 0 Å². The molecular formula is C14H25NO. The van der Waals surface area contributed by atoms with Gasteiger partial charge in [0.2, 0.25) is 0 Å². The fourth-order valence-electron chi connectivity index (χ4n) is 3.67. The smallest absolute Gasteiger partial charge is 0.0788 e. The summed E-state index contributed by atoms with van der Waals surface area (Å²) in [5.41, 5.74) is 0.205. The number of fused-ring (bicyclic) bond motifs is 4. The summed E-state index contributed by atoms with van der Waals surface area (Å²) < 4.78 is 6.38. The van der Waals surface area contributed by atoms with Crippen LogP contribution in [0.25, 0.3) is 0 Å². The second kappa shape index (κ2) is 3.46. The van der Waals surface area contributed by atoms with Gasteiger partial charge in [0, 0.05) is 25.6 Å². The molecule has 0 amide bonds. The van der Waals surface area contributed by atoms with Gasteiger partial charge in [-0.1, -0.05) is 0 Å². The van der Waals surface area contributed by atoms with Crippen molar-refractivity contribution >= 4 is 0 Å². The molecule has 1 saturated carbocycles. The van der Waals surface area contributed by atoms with Gasteiger partial charge in [0.15, 0.2) is 0 Å². The van der Waals surface area contributed by atoms with Crippen molar-refractivity contribution in [1.29, 1.82) is 0 Å². The number of rotatable bonds is 2. The Morgan fingerprint density at radius 1 is 1.19 bits per heavy atom. The third-order valence-electron chi connectivity index (χ3n) is 4.76. The number of hydrogen-bond acceptors (Lipinski definition) is 2. The molecule has 0 unspecified atom stereocenters. The van der Waals surface area contributed by atoms with Crippen LogP contribution in [0.15, 0.2) is 0 Å². The second-order valence-corrected chi connectivity index (χ2v) is 7.03. The molecule has 16 heavy (non-hydrogen) atoms. The normalized spacial score (nSPS) is 43.3. The molecule has 1 aliphatic carbocycles. The summed E-state index contributed by atoms with van der Waals surface area (Å²) in [6.07, 6.45) is 5.52. The van der Waals surface area contributed by atoms with Gasteiger partial charge in [0.05, 0.1) is 11.2 Å². The Balaban J connectivity index is 1.77. The minimum atomic E-state index is 0.0886. The molecule has 0 aromatic carbocycles. The minimum Gasteiger partial charge on any atom is -0.368 e. The van der Waals surface area contributed by atoms with Crippen molar-refractivity contribution in [2.45, 2.75) is 57.7 Å². The van der Waals surface area contributed by atoms with E-state index in [1.165, 1.54) is 38.8 Å². The summed E-state index contributed by atoms with van der Waals surface area (Å²) in [5.74, 6) is 1.74. The lowest BCUT2D eigenvalue weighted by Crippen LogP contribution is -2.48. The van der Waals surface area contributed by atoms with Crippen molar-refractivity contribution in [2.75, 3.05) is 19.6 Å². The number of ether oxygens (including phenoxy) is 1. The van der Waals surface area contributed by atoms with Gasteiger partial charge in [-0.15, -0.1) is 0 Å². The Morgan fingerprint density at radius 3 is 2.56 bits per heavy atom. The molecule has 0 N–H and O–H groups in total. The fraction of sp³-hybridized carbons (Fsp3) is 1.00. The summed E-state index contributed by atoms with van der Waals surface area (Å²) in [6, 6.07) is 0. The molecule has 3 heterocycles. The zero-order valence-electron chi connectivity index (χ0n) is 11.0. The lowest BCUT2D eigenvalue weighted by molar-refractivity contribution is -0.176. The van der Waals surface area contributed by atoms with Gasteiger partial charge in [0.1, 0.15) is 0 Å². The summed E-state index contributed by atoms with van der Waals surface area (Å²) in [4.78, 5) is 2.68. The van der Waals surface area contributed by atoms with E-state index in [0.29, 0.717) is 0 Å². The molecule has 0 aromatic heterocycles. The van der Waals surface area contributed by atoms with Gasteiger partial charge < -0.3 is 4.74 Å². The Hall–Kier alpha value is -0.0800. The first-order valence-corrected chi connectivity index (χ1v) is 6.89. The first kappa shape index (κ1) is 11.0. The topological polar surface area (TPSA) is 12.5 Å². The third kappa shape index (κ3) is 2.02. The first-order valence-electron chi connectivity index (χ1n) is 6.89. The second-order valence-electron chi connectivity index (χ2n) is 7.03. The van der Waals surface area contributed by atoms with Gasteiger partial charge in [-0.3, -0.25) is 4.90 Å². The third-order valence-corrected chi connectivity index (χ3v) is 4.76. The lowest BCUT2D eigenvalue weighted by Gasteiger charge is -2.44. The monoisotopic (exact) mass is 223 g/mol. The average molecular weight is 223 g/mol. The average Bonchev–Trinajstić information content (AvgIpc) is 2.92. The van der Waals surface area contributed by atoms with Gasteiger partial charge in [-0.05, 0) is 52.4 Å². The maximum Gasteiger partial charge on any atom is 0.0788 e. The Bertz CT molecular complexity index is 284. The molecule has 2 nitrogen and oxygen atoms in total. The molecule has 92 valence electrons. The summed E-state index contributed by atoms with van der Waals surface area (Å²) in [5, 5.41) is 0. The lowest BCUT2D eigenvalue weighted by atomic mass is 9.81. The Morgan fingerprint density at radius 2 is 1.94 bits per heavy atom. The Kier molecular flexibility index (Phi) is 2.38. The van der Waals surface area contributed by atoms with E-state index in [2.05, 4.69) is 25.7 Å². The number of nitrogens with zero attached hydrogens (tertiary/aromatic N) is 1. The molecule has 3 aliphatic heterocycles. The molecule has 4 aliphatic rings. The van der Waals surface area contributed by atoms with Crippen LogP contribution < -0.4 is 0 Å². The summed E-state index contributed by atoms with van der Waals surface area (Å²) in [7, 11) is 0. The van der Waals surface area contributed by atoms with Crippen molar-refractivity contribution in [2.24, 2.45) is 11.8 Å². The van der Waals surface area contributed by atoms with Crippen LogP contribution in [0.3, 0.4) is 0 Å². The zero-order valence-corrected chi connectivity index (χ0v) is 11.0. The maximum atomic E-state index is 6.38. The molecule has 4 rings (SSSR count). The highest BCUT2D eigenvalue weighted by molar-refractivity contribution is 4.99. The minimum absolute atomic E-state index is 0.0886. The quantitative estimate of drug-likeness (QED) is 0.713. The molecule has 2 heteroatoms. The highest BCUT2D eigenvalue weighted by Crippen LogP contribution is 2.44. The maximum absolute atomic E-state index is 6.38. The molecule has 0 radical (unpaired) electrons. The van der Waals surface area contributed by atoms with Crippen LogP contribution in [-0.4, -0.2) is 35.7 Å². The van der Waals surface area contributed by atoms with Crippen molar-refractivity contribution in [3.05, 3.63) is 0 Å². The molecule has 2 bridgehead atoms. The van der Waals surface area contributed by atoms with Gasteiger partial charge in [0.25, 0.3) is 0 Å². The molecule has 0 spiro atoms. The van der Waals surface area contributed by atoms with Crippen LogP contribution in [0.4, 0.5) is 0 Å². The number of hydrogen-bond donors (Lipinski definition) is 0. The van der Waals surface area contributed by atoms with E-state index in [-0.39, 0.29) is 11.2 Å². The highest BCUT2D eigenvalue weighted by atomic mass is 16.5. The highest BCUT2D eigenvalue weighted by Gasteiger charge is 2.48. The van der Waals surface area contributed by atoms with Crippen LogP contribution in [-0.2, 0) is 4.74 Å². The van der Waals surface area contributed by atoms with E-state index in [0.717, 1.165) is 18.4 Å². The standard InChI is InChI=1S/C14H25NO/c1-13(2)12-6-7-14(3,16-13)10-15(9-12)8-11-4-5-11/h11-12H,4-10H2,1-3H3/t12-,14+/m1/s1. The molecule has 4 fully saturated rings. The predicted molar refractivity (Wildman–Crippen MR) is 65.5 cm³/mol. The van der Waals surface area contributed by atoms with E-state index in [1.807, 2.05) is 0 Å². The summed E-state index contributed by atoms with van der Waals surface area (Å²) >= 11 is 0. The van der Waals surface area contributed by atoms with E-state index in [4.69, 9.17) is 4.74 Å². The van der Waals surface area contributed by atoms with Gasteiger partial charge in [-0.25, -0.2) is 0 Å².